The van der Waals surface area contributed by atoms with Crippen LogP contribution in [0.4, 0.5) is 18.9 Å². The van der Waals surface area contributed by atoms with E-state index in [0.29, 0.717) is 5.75 Å². The number of anilines is 1. The average Bonchev–Trinajstić information content (AvgIpc) is 2.67. The molecule has 2 aromatic rings. The van der Waals surface area contributed by atoms with Crippen molar-refractivity contribution in [1.82, 2.24) is 5.32 Å². The summed E-state index contributed by atoms with van der Waals surface area (Å²) in [5.74, 6) is 0.393. The molecule has 170 valence electrons. The Labute approximate surface area is 180 Å². The maximum Gasteiger partial charge on any atom is 0.416 e. The highest BCUT2D eigenvalue weighted by Crippen LogP contribution is 2.32. The minimum absolute atomic E-state index is 0.0232. The number of nitrogens with one attached hydrogen (secondary N) is 1. The summed E-state index contributed by atoms with van der Waals surface area (Å²) in [4.78, 5) is 12.0. The van der Waals surface area contributed by atoms with Crippen molar-refractivity contribution in [2.24, 2.45) is 0 Å². The Bertz CT molecular complexity index is 994. The van der Waals surface area contributed by atoms with Gasteiger partial charge in [0.1, 0.15) is 12.4 Å². The first kappa shape index (κ1) is 24.5. The van der Waals surface area contributed by atoms with Crippen LogP contribution in [0.5, 0.6) is 5.75 Å². The molecule has 6 nitrogen and oxygen atoms in total. The SMILES string of the molecule is Cc1cccc(OCCNC(=O)CCCN(c2cccc(C(F)(F)F)c2)S(C)(=O)=O)c1. The van der Waals surface area contributed by atoms with Crippen LogP contribution in [0.2, 0.25) is 0 Å². The number of alkyl halides is 3. The van der Waals surface area contributed by atoms with Gasteiger partial charge in [-0.3, -0.25) is 9.10 Å². The van der Waals surface area contributed by atoms with Crippen molar-refractivity contribution in [2.75, 3.05) is 30.3 Å². The van der Waals surface area contributed by atoms with Crippen molar-refractivity contribution in [3.63, 3.8) is 0 Å². The second kappa shape index (κ2) is 10.5. The summed E-state index contributed by atoms with van der Waals surface area (Å²) in [5, 5.41) is 2.67. The molecule has 0 radical (unpaired) electrons. The summed E-state index contributed by atoms with van der Waals surface area (Å²) >= 11 is 0. The van der Waals surface area contributed by atoms with E-state index in [1.54, 1.807) is 0 Å². The molecule has 0 saturated carbocycles. The van der Waals surface area contributed by atoms with Crippen molar-refractivity contribution in [1.29, 1.82) is 0 Å². The topological polar surface area (TPSA) is 75.7 Å². The second-order valence-electron chi connectivity index (χ2n) is 7.00. The molecular formula is C21H25F3N2O4S. The molecule has 31 heavy (non-hydrogen) atoms. The summed E-state index contributed by atoms with van der Waals surface area (Å²) in [6.45, 7) is 2.37. The van der Waals surface area contributed by atoms with Crippen LogP contribution in [0.25, 0.3) is 0 Å². The molecule has 0 aliphatic heterocycles. The molecule has 10 heteroatoms. The lowest BCUT2D eigenvalue weighted by molar-refractivity contribution is -0.137. The van der Waals surface area contributed by atoms with Gasteiger partial charge in [0.2, 0.25) is 15.9 Å². The normalized spacial score (nSPS) is 11.8. The van der Waals surface area contributed by atoms with E-state index in [-0.39, 0.29) is 44.1 Å². The molecule has 0 aliphatic rings. The van der Waals surface area contributed by atoms with Gasteiger partial charge in [0, 0.05) is 13.0 Å². The molecule has 2 rings (SSSR count). The van der Waals surface area contributed by atoms with E-state index in [4.69, 9.17) is 4.74 Å². The van der Waals surface area contributed by atoms with Gasteiger partial charge in [0.15, 0.2) is 0 Å². The van der Waals surface area contributed by atoms with Crippen LogP contribution in [0.1, 0.15) is 24.0 Å². The van der Waals surface area contributed by atoms with E-state index in [9.17, 15) is 26.4 Å². The number of ether oxygens (including phenoxy) is 1. The van der Waals surface area contributed by atoms with Crippen LogP contribution < -0.4 is 14.4 Å². The molecule has 0 fully saturated rings. The second-order valence-corrected chi connectivity index (χ2v) is 8.91. The van der Waals surface area contributed by atoms with Crippen LogP contribution >= 0.6 is 0 Å². The third kappa shape index (κ3) is 8.12. The van der Waals surface area contributed by atoms with Gasteiger partial charge in [-0.25, -0.2) is 8.42 Å². The monoisotopic (exact) mass is 458 g/mol. The Morgan fingerprint density at radius 3 is 2.48 bits per heavy atom. The predicted molar refractivity (Wildman–Crippen MR) is 113 cm³/mol. The maximum absolute atomic E-state index is 12.9. The lowest BCUT2D eigenvalue weighted by Crippen LogP contribution is -2.33. The van der Waals surface area contributed by atoms with Crippen LogP contribution in [0.15, 0.2) is 48.5 Å². The number of carbonyl (C=O) groups excluding carboxylic acids is 1. The fourth-order valence-corrected chi connectivity index (χ4v) is 3.82. The van der Waals surface area contributed by atoms with Gasteiger partial charge < -0.3 is 10.1 Å². The molecule has 1 N–H and O–H groups in total. The Balaban J connectivity index is 1.84. The summed E-state index contributed by atoms with van der Waals surface area (Å²) in [7, 11) is -3.82. The molecule has 2 aromatic carbocycles. The van der Waals surface area contributed by atoms with Gasteiger partial charge in [-0.1, -0.05) is 18.2 Å². The number of amides is 1. The number of aryl methyl sites for hydroxylation is 1. The number of halogens is 3. The van der Waals surface area contributed by atoms with Crippen LogP contribution in [0, 0.1) is 6.92 Å². The molecule has 0 atom stereocenters. The number of hydrogen-bond donors (Lipinski definition) is 1. The van der Waals surface area contributed by atoms with Gasteiger partial charge in [-0.05, 0) is 49.2 Å². The van der Waals surface area contributed by atoms with E-state index < -0.39 is 21.8 Å². The fraction of sp³-hybridized carbons (Fsp3) is 0.381. The number of carbonyl (C=O) groups is 1. The van der Waals surface area contributed by atoms with E-state index in [1.807, 2.05) is 31.2 Å². The van der Waals surface area contributed by atoms with Crippen molar-refractivity contribution in [2.45, 2.75) is 25.9 Å². The number of sulfonamides is 1. The van der Waals surface area contributed by atoms with Crippen molar-refractivity contribution < 1.29 is 31.1 Å². The van der Waals surface area contributed by atoms with Gasteiger partial charge >= 0.3 is 6.18 Å². The van der Waals surface area contributed by atoms with Gasteiger partial charge in [0.05, 0.1) is 24.1 Å². The number of nitrogens with zero attached hydrogens (tertiary/aromatic N) is 1. The summed E-state index contributed by atoms with van der Waals surface area (Å²) in [5.41, 5.74) is 0.0204. The Morgan fingerprint density at radius 1 is 1.13 bits per heavy atom. The van der Waals surface area contributed by atoms with Crippen molar-refractivity contribution in [3.8, 4) is 5.75 Å². The van der Waals surface area contributed by atoms with Crippen LogP contribution in [-0.2, 0) is 21.0 Å². The van der Waals surface area contributed by atoms with Gasteiger partial charge in [-0.15, -0.1) is 0 Å². The smallest absolute Gasteiger partial charge is 0.416 e. The van der Waals surface area contributed by atoms with E-state index in [2.05, 4.69) is 5.32 Å². The summed E-state index contributed by atoms with van der Waals surface area (Å²) < 4.78 is 69.3. The largest absolute Gasteiger partial charge is 0.492 e. The van der Waals surface area contributed by atoms with Gasteiger partial charge in [0.25, 0.3) is 0 Å². The average molecular weight is 459 g/mol. The zero-order chi connectivity index (χ0) is 23.1. The molecule has 0 aromatic heterocycles. The van der Waals surface area contributed by atoms with Crippen molar-refractivity contribution in [3.05, 3.63) is 59.7 Å². The third-order valence-corrected chi connectivity index (χ3v) is 5.50. The number of hydrogen-bond acceptors (Lipinski definition) is 4. The minimum Gasteiger partial charge on any atom is -0.492 e. The van der Waals surface area contributed by atoms with E-state index in [1.165, 1.54) is 6.07 Å². The third-order valence-electron chi connectivity index (χ3n) is 4.31. The molecule has 0 unspecified atom stereocenters. The Morgan fingerprint density at radius 2 is 1.84 bits per heavy atom. The van der Waals surface area contributed by atoms with Crippen molar-refractivity contribution >= 4 is 21.6 Å². The molecule has 1 amide bonds. The quantitative estimate of drug-likeness (QED) is 0.550. The zero-order valence-corrected chi connectivity index (χ0v) is 18.1. The lowest BCUT2D eigenvalue weighted by Gasteiger charge is -2.23. The summed E-state index contributed by atoms with van der Waals surface area (Å²) in [6.07, 6.45) is -3.50. The van der Waals surface area contributed by atoms with Gasteiger partial charge in [-0.2, -0.15) is 13.2 Å². The first-order valence-electron chi connectivity index (χ1n) is 9.58. The predicted octanol–water partition coefficient (Wildman–Crippen LogP) is 3.76. The molecular weight excluding hydrogens is 433 g/mol. The Kier molecular flexibility index (Phi) is 8.32. The van der Waals surface area contributed by atoms with E-state index >= 15 is 0 Å². The first-order valence-corrected chi connectivity index (χ1v) is 11.4. The highest BCUT2D eigenvalue weighted by atomic mass is 32.2. The summed E-state index contributed by atoms with van der Waals surface area (Å²) in [6, 6.07) is 11.6. The molecule has 0 bridgehead atoms. The molecule has 0 aliphatic carbocycles. The Hall–Kier alpha value is -2.75. The highest BCUT2D eigenvalue weighted by molar-refractivity contribution is 7.92. The van der Waals surface area contributed by atoms with Crippen LogP contribution in [0.3, 0.4) is 0 Å². The standard InChI is InChI=1S/C21H25F3N2O4S/c1-16-6-3-9-19(14-16)30-13-11-25-20(27)10-5-12-26(31(2,28)29)18-8-4-7-17(15-18)21(22,23)24/h3-4,6-9,14-15H,5,10-13H2,1-2H3,(H,25,27). The minimum atomic E-state index is -4.58. The lowest BCUT2D eigenvalue weighted by atomic mass is 10.2. The molecule has 0 heterocycles. The fourth-order valence-electron chi connectivity index (χ4n) is 2.86. The number of benzene rings is 2. The highest BCUT2D eigenvalue weighted by Gasteiger charge is 2.31. The maximum atomic E-state index is 12.9. The molecule has 0 saturated heterocycles. The first-order chi connectivity index (χ1) is 14.5. The van der Waals surface area contributed by atoms with E-state index in [0.717, 1.165) is 34.3 Å². The number of rotatable bonds is 10. The zero-order valence-electron chi connectivity index (χ0n) is 17.3. The van der Waals surface area contributed by atoms with Crippen LogP contribution in [-0.4, -0.2) is 40.3 Å². The molecule has 0 spiro atoms.